The van der Waals surface area contributed by atoms with Gasteiger partial charge in [-0.25, -0.2) is 0 Å². The number of nitrogens with zero attached hydrogens (tertiary/aromatic N) is 4. The maximum atomic E-state index is 12.8. The fraction of sp³-hybridized carbons (Fsp3) is 0.389. The number of rotatable bonds is 5. The monoisotopic (exact) mass is 378 g/mol. The molecule has 7 heteroatoms. The third-order valence-corrected chi connectivity index (χ3v) is 4.80. The van der Waals surface area contributed by atoms with E-state index in [1.165, 1.54) is 0 Å². The summed E-state index contributed by atoms with van der Waals surface area (Å²) in [7, 11) is 1.74. The lowest BCUT2D eigenvalue weighted by molar-refractivity contribution is 0.0811. The molecule has 0 saturated carbocycles. The van der Waals surface area contributed by atoms with Gasteiger partial charge < -0.3 is 9.80 Å². The Labute approximate surface area is 157 Å². The van der Waals surface area contributed by atoms with Crippen molar-refractivity contribution < 1.29 is 4.79 Å². The molecule has 1 aromatic carbocycles. The summed E-state index contributed by atoms with van der Waals surface area (Å²) in [4.78, 5) is 25.8. The predicted molar refractivity (Wildman–Crippen MR) is 103 cm³/mol. The van der Waals surface area contributed by atoms with E-state index in [2.05, 4.69) is 16.8 Å². The molecule has 0 aliphatic carbocycles. The Balaban J connectivity index is 1.78. The van der Waals surface area contributed by atoms with Crippen LogP contribution in [0.15, 0.2) is 40.3 Å². The molecule has 132 valence electrons. The van der Waals surface area contributed by atoms with E-state index in [0.717, 1.165) is 18.8 Å². The van der Waals surface area contributed by atoms with Gasteiger partial charge in [0.25, 0.3) is 5.91 Å². The molecule has 2 atom stereocenters. The van der Waals surface area contributed by atoms with Gasteiger partial charge >= 0.3 is 0 Å². The number of amides is 1. The van der Waals surface area contributed by atoms with Crippen molar-refractivity contribution in [3.8, 4) is 0 Å². The minimum absolute atomic E-state index is 0.00166. The molecule has 0 saturated heterocycles. The number of carbonyl (C=O) groups is 1. The van der Waals surface area contributed by atoms with Crippen molar-refractivity contribution in [3.05, 3.63) is 46.0 Å². The van der Waals surface area contributed by atoms with Crippen LogP contribution in [0.2, 0.25) is 10.0 Å². The number of hydrogen-bond acceptors (Lipinski definition) is 4. The molecule has 5 nitrogen and oxygen atoms in total. The molecule has 2 unspecified atom stereocenters. The molecule has 0 radical (unpaired) electrons. The van der Waals surface area contributed by atoms with Crippen LogP contribution in [-0.4, -0.2) is 60.1 Å². The average molecular weight is 379 g/mol. The summed E-state index contributed by atoms with van der Waals surface area (Å²) in [5.74, 6) is 0.690. The van der Waals surface area contributed by atoms with Crippen molar-refractivity contribution in [2.75, 3.05) is 20.1 Å². The van der Waals surface area contributed by atoms with Crippen molar-refractivity contribution in [1.82, 2.24) is 9.80 Å². The number of likely N-dealkylation sites (N-methyl/N-ethyl adjacent to an activating group) is 1. The molecule has 0 aromatic heterocycles. The minimum atomic E-state index is -0.180. The summed E-state index contributed by atoms with van der Waals surface area (Å²) >= 11 is 12.2. The second kappa shape index (κ2) is 7.58. The Morgan fingerprint density at radius 3 is 2.92 bits per heavy atom. The number of dihydropyridines is 1. The number of hydrogen-bond donors (Lipinski definition) is 0. The van der Waals surface area contributed by atoms with Gasteiger partial charge in [0.05, 0.1) is 17.1 Å². The van der Waals surface area contributed by atoms with Crippen molar-refractivity contribution in [1.29, 1.82) is 0 Å². The SMILES string of the molecule is CCCN1C(CN(C)C(=O)c2cc(Cl)ccc2Cl)=NC2C=CC=NC21. The second-order valence-electron chi connectivity index (χ2n) is 6.11. The number of fused-ring (bicyclic) bond motifs is 1. The standard InChI is InChI=1S/C18H20Cl2N4O/c1-3-9-24-16(22-15-5-4-8-21-17(15)24)11-23(2)18(25)13-10-12(19)6-7-14(13)20/h4-8,10,15,17H,3,9,11H2,1-2H3. The molecule has 2 heterocycles. The molecule has 3 rings (SSSR count). The van der Waals surface area contributed by atoms with Crippen molar-refractivity contribution >= 4 is 41.2 Å². The topological polar surface area (TPSA) is 48.3 Å². The Kier molecular flexibility index (Phi) is 5.45. The van der Waals surface area contributed by atoms with Crippen LogP contribution in [0.3, 0.4) is 0 Å². The normalized spacial score (nSPS) is 21.3. The fourth-order valence-electron chi connectivity index (χ4n) is 3.05. The van der Waals surface area contributed by atoms with Gasteiger partial charge in [0.1, 0.15) is 18.0 Å². The van der Waals surface area contributed by atoms with Crippen LogP contribution >= 0.6 is 23.2 Å². The fourth-order valence-corrected chi connectivity index (χ4v) is 3.42. The van der Waals surface area contributed by atoms with Gasteiger partial charge in [-0.15, -0.1) is 0 Å². The largest absolute Gasteiger partial charge is 0.335 e. The molecule has 2 aliphatic heterocycles. The minimum Gasteiger partial charge on any atom is -0.335 e. The number of allylic oxidation sites excluding steroid dienone is 1. The number of aliphatic imine (C=N–C) groups is 2. The van der Waals surface area contributed by atoms with Gasteiger partial charge in [-0.2, -0.15) is 0 Å². The van der Waals surface area contributed by atoms with Crippen LogP contribution in [0.5, 0.6) is 0 Å². The highest BCUT2D eigenvalue weighted by atomic mass is 35.5. The van der Waals surface area contributed by atoms with E-state index >= 15 is 0 Å². The maximum Gasteiger partial charge on any atom is 0.255 e. The lowest BCUT2D eigenvalue weighted by atomic mass is 10.2. The van der Waals surface area contributed by atoms with Gasteiger partial charge in [-0.3, -0.25) is 14.8 Å². The van der Waals surface area contributed by atoms with E-state index in [0.29, 0.717) is 22.2 Å². The van der Waals surface area contributed by atoms with Crippen LogP contribution in [0.1, 0.15) is 23.7 Å². The molecule has 0 bridgehead atoms. The molecule has 2 aliphatic rings. The maximum absolute atomic E-state index is 12.8. The summed E-state index contributed by atoms with van der Waals surface area (Å²) in [6, 6.07) is 4.91. The Morgan fingerprint density at radius 2 is 2.16 bits per heavy atom. The number of amidine groups is 1. The van der Waals surface area contributed by atoms with E-state index in [1.807, 2.05) is 18.4 Å². The van der Waals surface area contributed by atoms with Crippen molar-refractivity contribution in [2.45, 2.75) is 25.6 Å². The highest BCUT2D eigenvalue weighted by molar-refractivity contribution is 6.35. The highest BCUT2D eigenvalue weighted by Crippen LogP contribution is 2.25. The van der Waals surface area contributed by atoms with Crippen molar-refractivity contribution in [2.24, 2.45) is 9.98 Å². The summed E-state index contributed by atoms with van der Waals surface area (Å²) < 4.78 is 0. The first-order chi connectivity index (χ1) is 12.0. The zero-order chi connectivity index (χ0) is 18.0. The predicted octanol–water partition coefficient (Wildman–Crippen LogP) is 3.52. The van der Waals surface area contributed by atoms with Crippen LogP contribution in [-0.2, 0) is 0 Å². The molecule has 0 N–H and O–H groups in total. The number of halogens is 2. The van der Waals surface area contributed by atoms with Gasteiger partial charge in [-0.1, -0.05) is 36.2 Å². The van der Waals surface area contributed by atoms with Crippen LogP contribution < -0.4 is 0 Å². The lowest BCUT2D eigenvalue weighted by Gasteiger charge is -2.29. The lowest BCUT2D eigenvalue weighted by Crippen LogP contribution is -2.44. The smallest absolute Gasteiger partial charge is 0.255 e. The van der Waals surface area contributed by atoms with E-state index in [-0.39, 0.29) is 18.1 Å². The molecule has 25 heavy (non-hydrogen) atoms. The van der Waals surface area contributed by atoms with Gasteiger partial charge in [0.2, 0.25) is 0 Å². The molecule has 0 fully saturated rings. The first-order valence-corrected chi connectivity index (χ1v) is 9.00. The molecule has 1 amide bonds. The summed E-state index contributed by atoms with van der Waals surface area (Å²) in [6.07, 6.45) is 6.75. The Bertz CT molecular complexity index is 759. The Hall–Kier alpha value is -1.85. The van der Waals surface area contributed by atoms with Crippen molar-refractivity contribution in [3.63, 3.8) is 0 Å². The molecular weight excluding hydrogens is 359 g/mol. The molecule has 1 aromatic rings. The van der Waals surface area contributed by atoms with Gasteiger partial charge in [0, 0.05) is 24.8 Å². The second-order valence-corrected chi connectivity index (χ2v) is 6.95. The Morgan fingerprint density at radius 1 is 1.36 bits per heavy atom. The van der Waals surface area contributed by atoms with Crippen LogP contribution in [0.25, 0.3) is 0 Å². The zero-order valence-electron chi connectivity index (χ0n) is 14.2. The van der Waals surface area contributed by atoms with Crippen LogP contribution in [0.4, 0.5) is 0 Å². The van der Waals surface area contributed by atoms with E-state index in [1.54, 1.807) is 30.1 Å². The van der Waals surface area contributed by atoms with E-state index < -0.39 is 0 Å². The molecular formula is C18H20Cl2N4O. The highest BCUT2D eigenvalue weighted by Gasteiger charge is 2.35. The zero-order valence-corrected chi connectivity index (χ0v) is 15.7. The summed E-state index contributed by atoms with van der Waals surface area (Å²) in [5, 5.41) is 0.874. The van der Waals surface area contributed by atoms with Gasteiger partial charge in [0.15, 0.2) is 0 Å². The number of benzene rings is 1. The average Bonchev–Trinajstić information content (AvgIpc) is 2.94. The third-order valence-electron chi connectivity index (χ3n) is 4.24. The van der Waals surface area contributed by atoms with Gasteiger partial charge in [-0.05, 0) is 30.7 Å². The first-order valence-electron chi connectivity index (χ1n) is 8.25. The summed E-state index contributed by atoms with van der Waals surface area (Å²) in [5.41, 5.74) is 0.396. The number of carbonyl (C=O) groups excluding carboxylic acids is 1. The first kappa shape index (κ1) is 18.0. The third kappa shape index (κ3) is 3.72. The summed E-state index contributed by atoms with van der Waals surface area (Å²) in [6.45, 7) is 3.37. The quantitative estimate of drug-likeness (QED) is 0.786. The van der Waals surface area contributed by atoms with E-state index in [4.69, 9.17) is 28.2 Å². The van der Waals surface area contributed by atoms with Crippen LogP contribution in [0, 0.1) is 0 Å². The van der Waals surface area contributed by atoms with E-state index in [9.17, 15) is 4.79 Å². The molecule has 0 spiro atoms.